The quantitative estimate of drug-likeness (QED) is 0.0448. The van der Waals surface area contributed by atoms with Crippen LogP contribution in [0.4, 0.5) is 10.8 Å². The lowest BCUT2D eigenvalue weighted by molar-refractivity contribution is -0.684. The van der Waals surface area contributed by atoms with Crippen molar-refractivity contribution < 1.29 is 43.6 Å². The number of anilines is 2. The lowest BCUT2D eigenvalue weighted by Gasteiger charge is -2.49. The van der Waals surface area contributed by atoms with Crippen LogP contribution in [-0.2, 0) is 41.9 Å². The van der Waals surface area contributed by atoms with Crippen LogP contribution in [0.2, 0.25) is 0 Å². The molecule has 3 aromatic rings. The Balaban J connectivity index is 1.000. The van der Waals surface area contributed by atoms with Gasteiger partial charge in [-0.1, -0.05) is 5.16 Å². The molecule has 1 aromatic carbocycles. The maximum absolute atomic E-state index is 13.5. The van der Waals surface area contributed by atoms with E-state index < -0.39 is 29.2 Å². The number of thioether (sulfide) groups is 1. The summed E-state index contributed by atoms with van der Waals surface area (Å²) in [4.78, 5) is 78.1. The molecule has 2 saturated heterocycles. The third kappa shape index (κ3) is 7.93. The van der Waals surface area contributed by atoms with E-state index in [0.29, 0.717) is 29.8 Å². The molecular weight excluding hydrogens is 737 g/mol. The van der Waals surface area contributed by atoms with Crippen molar-refractivity contribution in [1.82, 2.24) is 20.1 Å². The maximum atomic E-state index is 13.5. The van der Waals surface area contributed by atoms with Gasteiger partial charge in [-0.2, -0.15) is 4.57 Å². The fourth-order valence-corrected chi connectivity index (χ4v) is 8.60. The number of amides is 4. The van der Waals surface area contributed by atoms with Crippen molar-refractivity contribution in [3.05, 3.63) is 88.3 Å². The number of carboxylic acids is 1. The predicted octanol–water partition coefficient (Wildman–Crippen LogP) is 2.12. The number of oxime groups is 1. The van der Waals surface area contributed by atoms with Crippen molar-refractivity contribution in [3.8, 4) is 5.75 Å². The highest BCUT2D eigenvalue weighted by Gasteiger charge is 2.54. The monoisotopic (exact) mass is 773 g/mol. The number of nitrogens with zero attached hydrogens (tertiary/aromatic N) is 5. The summed E-state index contributed by atoms with van der Waals surface area (Å²) in [6.07, 6.45) is 8.98. The first-order chi connectivity index (χ1) is 26.0. The van der Waals surface area contributed by atoms with Gasteiger partial charge in [0.15, 0.2) is 23.2 Å². The number of likely N-dealkylation sites (tertiary alicyclic amines) is 1. The molecule has 1 aliphatic carbocycles. The SMILES string of the molecule is Nc1nc(/C(=N/OC2CCCC2)C(=O)N[C@@H]2C(=O)N3C(C(=O)O)=C(/C=C4\CCN(Cc5ccc[n+](CC(=O)Nc6ccc(O)cc6)c5)C4=O)CS[C@H]23)cs1. The molecular formula is C36H37N8O8S2+. The molecule has 18 heteroatoms. The number of carbonyl (C=O) groups is 5. The lowest BCUT2D eigenvalue weighted by atomic mass is 10.0. The Labute approximate surface area is 317 Å². The first-order valence-corrected chi connectivity index (χ1v) is 19.2. The van der Waals surface area contributed by atoms with Gasteiger partial charge in [0.25, 0.3) is 17.7 Å². The molecule has 3 fully saturated rings. The number of pyridine rings is 1. The smallest absolute Gasteiger partial charge is 0.352 e. The molecule has 6 N–H and O–H groups in total. The van der Waals surface area contributed by atoms with Gasteiger partial charge >= 0.3 is 5.97 Å². The van der Waals surface area contributed by atoms with Crippen LogP contribution >= 0.6 is 23.1 Å². The Morgan fingerprint density at radius 1 is 1.15 bits per heavy atom. The molecule has 1 saturated carbocycles. The summed E-state index contributed by atoms with van der Waals surface area (Å²) in [5.74, 6) is -2.84. The van der Waals surface area contributed by atoms with E-state index in [0.717, 1.165) is 47.5 Å². The van der Waals surface area contributed by atoms with Crippen molar-refractivity contribution in [2.24, 2.45) is 5.16 Å². The predicted molar refractivity (Wildman–Crippen MR) is 198 cm³/mol. The number of hydrogen-bond acceptors (Lipinski definition) is 12. The van der Waals surface area contributed by atoms with Gasteiger partial charge < -0.3 is 36.3 Å². The number of nitrogens with two attached hydrogens (primary N) is 1. The zero-order valence-electron chi connectivity index (χ0n) is 28.8. The minimum Gasteiger partial charge on any atom is -0.508 e. The van der Waals surface area contributed by atoms with Crippen LogP contribution in [0, 0.1) is 0 Å². The number of fused-ring (bicyclic) bond motifs is 1. The molecule has 4 aliphatic rings. The molecule has 16 nitrogen and oxygen atoms in total. The first kappa shape index (κ1) is 36.6. The molecule has 2 atom stereocenters. The Morgan fingerprint density at radius 3 is 2.65 bits per heavy atom. The number of aromatic nitrogens is 2. The molecule has 280 valence electrons. The van der Waals surface area contributed by atoms with E-state index in [1.807, 2.05) is 6.07 Å². The standard InChI is InChI=1S/C36H36N8O8S2/c37-36-39-26(19-54-36)28(41-52-25-5-1-2-6-25)31(47)40-29-33(49)44-30(35(50)51)22(18-53-34(29)44)14-21-11-13-43(32(21)48)16-20-4-3-12-42(15-20)17-27(46)38-23-7-9-24(45)10-8-23/h3-4,7-10,12,14-15,19,25,29,34H,1-2,5-6,11,13,16-18H2,(H5-,37,38,39,40,41,45,46,47,50,51)/p+1/b21-14+/t29-,34-/m1/s1. The van der Waals surface area contributed by atoms with Crippen LogP contribution in [0.1, 0.15) is 43.4 Å². The summed E-state index contributed by atoms with van der Waals surface area (Å²) < 4.78 is 1.70. The summed E-state index contributed by atoms with van der Waals surface area (Å²) >= 11 is 2.42. The molecule has 0 bridgehead atoms. The van der Waals surface area contributed by atoms with E-state index >= 15 is 0 Å². The number of carbonyl (C=O) groups excluding carboxylic acids is 4. The Kier molecular flexibility index (Phi) is 10.6. The van der Waals surface area contributed by atoms with E-state index in [4.69, 9.17) is 10.6 Å². The molecule has 3 aliphatic heterocycles. The first-order valence-electron chi connectivity index (χ1n) is 17.3. The minimum atomic E-state index is -1.32. The number of carboxylic acid groups (broad SMARTS) is 1. The zero-order valence-corrected chi connectivity index (χ0v) is 30.5. The van der Waals surface area contributed by atoms with Crippen molar-refractivity contribution in [2.75, 3.05) is 23.3 Å². The van der Waals surface area contributed by atoms with Crippen molar-refractivity contribution in [1.29, 1.82) is 0 Å². The highest BCUT2D eigenvalue weighted by atomic mass is 32.2. The normalized spacial score (nSPS) is 21.0. The Bertz CT molecular complexity index is 2090. The lowest BCUT2D eigenvalue weighted by Crippen LogP contribution is -2.71. The van der Waals surface area contributed by atoms with E-state index in [1.54, 1.807) is 51.5 Å². The molecule has 7 rings (SSSR count). The van der Waals surface area contributed by atoms with Gasteiger partial charge in [-0.3, -0.25) is 24.1 Å². The number of aromatic hydroxyl groups is 1. The van der Waals surface area contributed by atoms with Crippen LogP contribution < -0.4 is 20.9 Å². The fourth-order valence-electron chi connectivity index (χ4n) is 6.75. The molecule has 0 spiro atoms. The summed E-state index contributed by atoms with van der Waals surface area (Å²) in [7, 11) is 0. The summed E-state index contributed by atoms with van der Waals surface area (Å²) in [6.45, 7) is 0.708. The average molecular weight is 774 g/mol. The molecule has 4 amide bonds. The van der Waals surface area contributed by atoms with Crippen molar-refractivity contribution >= 4 is 69.2 Å². The molecule has 0 unspecified atom stereocenters. The number of β-lactam (4-membered cyclic amide) rings is 1. The van der Waals surface area contributed by atoms with Crippen LogP contribution in [0.5, 0.6) is 5.75 Å². The topological polar surface area (TPSA) is 221 Å². The van der Waals surface area contributed by atoms with Gasteiger partial charge in [-0.25, -0.2) is 9.78 Å². The number of allylic oxidation sites excluding steroid dienone is 1. The zero-order chi connectivity index (χ0) is 37.9. The van der Waals surface area contributed by atoms with Gasteiger partial charge in [0.2, 0.25) is 12.5 Å². The number of nitrogens with one attached hydrogen (secondary N) is 2. The number of hydrogen-bond donors (Lipinski definition) is 5. The largest absolute Gasteiger partial charge is 0.508 e. The highest BCUT2D eigenvalue weighted by molar-refractivity contribution is 8.00. The number of phenolic OH excluding ortho intramolecular Hbond substituents is 1. The number of nitrogen functional groups attached to an aromatic ring is 1. The molecule has 0 radical (unpaired) electrons. The number of aliphatic carboxylic acids is 1. The van der Waals surface area contributed by atoms with Crippen LogP contribution in [0.3, 0.4) is 0 Å². The molecule has 2 aromatic heterocycles. The van der Waals surface area contributed by atoms with Crippen LogP contribution in [0.15, 0.2) is 82.2 Å². The van der Waals surface area contributed by atoms with E-state index in [2.05, 4.69) is 20.8 Å². The fraction of sp³-hybridized carbons (Fsp3) is 0.333. The van der Waals surface area contributed by atoms with Crippen molar-refractivity contribution in [3.63, 3.8) is 0 Å². The number of phenols is 1. The molecule has 5 heterocycles. The van der Waals surface area contributed by atoms with E-state index in [1.165, 1.54) is 23.9 Å². The van der Waals surface area contributed by atoms with E-state index in [-0.39, 0.29) is 64.7 Å². The average Bonchev–Trinajstić information content (AvgIpc) is 3.91. The Morgan fingerprint density at radius 2 is 1.93 bits per heavy atom. The van der Waals surface area contributed by atoms with Crippen molar-refractivity contribution in [2.45, 2.75) is 62.7 Å². The Hall–Kier alpha value is -5.75. The van der Waals surface area contributed by atoms with E-state index in [9.17, 15) is 34.2 Å². The second-order valence-electron chi connectivity index (χ2n) is 13.2. The second-order valence-corrected chi connectivity index (χ2v) is 15.2. The maximum Gasteiger partial charge on any atom is 0.352 e. The summed E-state index contributed by atoms with van der Waals surface area (Å²) in [6, 6.07) is 8.76. The third-order valence-corrected chi connectivity index (χ3v) is 11.4. The van der Waals surface area contributed by atoms with Crippen LogP contribution in [0.25, 0.3) is 0 Å². The number of rotatable bonds is 12. The third-order valence-electron chi connectivity index (χ3n) is 9.39. The number of thiazole rings is 1. The second kappa shape index (κ2) is 15.7. The number of benzene rings is 1. The summed E-state index contributed by atoms with van der Waals surface area (Å²) in [5, 5.41) is 30.4. The van der Waals surface area contributed by atoms with Gasteiger partial charge in [0, 0.05) is 40.6 Å². The molecule has 54 heavy (non-hydrogen) atoms. The van der Waals surface area contributed by atoms with Gasteiger partial charge in [0.05, 0.1) is 6.54 Å². The minimum absolute atomic E-state index is 0.0306. The van der Waals surface area contributed by atoms with Gasteiger partial charge in [-0.05, 0) is 74.1 Å². The highest BCUT2D eigenvalue weighted by Crippen LogP contribution is 2.41. The van der Waals surface area contributed by atoms with Gasteiger partial charge in [-0.15, -0.1) is 23.1 Å². The van der Waals surface area contributed by atoms with Crippen LogP contribution in [-0.4, -0.2) is 90.1 Å². The summed E-state index contributed by atoms with van der Waals surface area (Å²) in [5.41, 5.74) is 7.76. The van der Waals surface area contributed by atoms with Gasteiger partial charge in [0.1, 0.15) is 34.7 Å².